The summed E-state index contributed by atoms with van der Waals surface area (Å²) < 4.78 is 16.0. The summed E-state index contributed by atoms with van der Waals surface area (Å²) in [5, 5.41) is 0.352. The van der Waals surface area contributed by atoms with Crippen molar-refractivity contribution < 1.29 is 18.6 Å². The molecule has 3 amide bonds. The van der Waals surface area contributed by atoms with Crippen molar-refractivity contribution in [2.75, 3.05) is 27.2 Å². The van der Waals surface area contributed by atoms with E-state index in [0.29, 0.717) is 35.5 Å². The molecule has 1 fully saturated rings. The van der Waals surface area contributed by atoms with Crippen LogP contribution in [0.4, 0.5) is 9.18 Å². The molecule has 0 radical (unpaired) electrons. The van der Waals surface area contributed by atoms with E-state index in [-0.39, 0.29) is 18.3 Å². The number of rotatable bonds is 2. The molecule has 9 heteroatoms. The number of nitrogens with zero attached hydrogens (tertiary/aromatic N) is 5. The molecule has 0 N–H and O–H groups in total. The fraction of sp³-hybridized carbons (Fsp3) is 0.375. The Balaban J connectivity index is 1.74. The van der Waals surface area contributed by atoms with Crippen molar-refractivity contribution >= 4 is 35.3 Å². The van der Waals surface area contributed by atoms with Crippen LogP contribution in [0.25, 0.3) is 0 Å². The third kappa shape index (κ3) is 2.24. The van der Waals surface area contributed by atoms with Crippen molar-refractivity contribution in [2.24, 2.45) is 4.99 Å². The zero-order valence-corrected chi connectivity index (χ0v) is 14.5. The number of carbonyl (C=O) groups is 2. The van der Waals surface area contributed by atoms with Gasteiger partial charge < -0.3 is 0 Å². The van der Waals surface area contributed by atoms with Crippen LogP contribution >= 0.6 is 11.6 Å². The fourth-order valence-electron chi connectivity index (χ4n) is 3.42. The highest BCUT2D eigenvalue weighted by Gasteiger charge is 2.56. The molecule has 1 atom stereocenters. The summed E-state index contributed by atoms with van der Waals surface area (Å²) in [5.74, 6) is 0.301. The summed E-state index contributed by atoms with van der Waals surface area (Å²) >= 11 is 6.12. The first kappa shape index (κ1) is 16.0. The van der Waals surface area contributed by atoms with E-state index in [4.69, 9.17) is 11.6 Å². The van der Waals surface area contributed by atoms with Crippen molar-refractivity contribution in [1.82, 2.24) is 14.7 Å². The molecule has 7 nitrogen and oxygen atoms in total. The van der Waals surface area contributed by atoms with Gasteiger partial charge in [-0.2, -0.15) is 0 Å². The second kappa shape index (κ2) is 5.52. The highest BCUT2D eigenvalue weighted by atomic mass is 35.5. The summed E-state index contributed by atoms with van der Waals surface area (Å²) in [4.78, 5) is 33.5. The molecule has 0 saturated carbocycles. The molecular weight excluding hydrogens is 349 g/mol. The monoisotopic (exact) mass is 364 g/mol. The van der Waals surface area contributed by atoms with Crippen molar-refractivity contribution in [3.63, 3.8) is 0 Å². The molecule has 4 rings (SSSR count). The summed E-state index contributed by atoms with van der Waals surface area (Å²) in [6.07, 6.45) is 0. The number of amides is 3. The number of guanidine groups is 1. The second-order valence-corrected chi connectivity index (χ2v) is 6.63. The van der Waals surface area contributed by atoms with Gasteiger partial charge in [0.05, 0.1) is 19.6 Å². The molecule has 0 bridgehead atoms. The van der Waals surface area contributed by atoms with Crippen molar-refractivity contribution in [1.29, 1.82) is 0 Å². The number of fused-ring (bicyclic) bond motifs is 3. The van der Waals surface area contributed by atoms with Crippen LogP contribution in [0.3, 0.4) is 0 Å². The summed E-state index contributed by atoms with van der Waals surface area (Å²) in [6, 6.07) is 3.55. The Hall–Kier alpha value is -2.48. The summed E-state index contributed by atoms with van der Waals surface area (Å²) in [5.41, 5.74) is 0.390. The zero-order chi connectivity index (χ0) is 17.9. The molecule has 1 saturated heterocycles. The Kier molecular flexibility index (Phi) is 3.54. The molecule has 1 aromatic carbocycles. The number of hydrogen-bond donors (Lipinski definition) is 0. The second-order valence-electron chi connectivity index (χ2n) is 6.23. The van der Waals surface area contributed by atoms with Gasteiger partial charge in [0, 0.05) is 24.7 Å². The van der Waals surface area contributed by atoms with Gasteiger partial charge in [0.15, 0.2) is 0 Å². The van der Waals surface area contributed by atoms with E-state index in [9.17, 15) is 14.0 Å². The Morgan fingerprint density at radius 3 is 2.80 bits per heavy atom. The first-order chi connectivity index (χ1) is 11.9. The van der Waals surface area contributed by atoms with E-state index < -0.39 is 12.1 Å². The van der Waals surface area contributed by atoms with Crippen LogP contribution in [-0.2, 0) is 11.3 Å². The smallest absolute Gasteiger partial charge is 0.270 e. The van der Waals surface area contributed by atoms with Crippen molar-refractivity contribution in [3.05, 3.63) is 34.6 Å². The predicted octanol–water partition coefficient (Wildman–Crippen LogP) is 0.968. The number of carbonyl (C=O) groups excluding carboxylic acids is 2. The van der Waals surface area contributed by atoms with Gasteiger partial charge >= 0.3 is 12.0 Å². The van der Waals surface area contributed by atoms with Gasteiger partial charge in [-0.25, -0.2) is 14.1 Å². The molecule has 3 aliphatic heterocycles. The van der Waals surface area contributed by atoms with E-state index in [1.807, 2.05) is 9.48 Å². The van der Waals surface area contributed by atoms with Gasteiger partial charge in [0.1, 0.15) is 5.82 Å². The highest BCUT2D eigenvalue weighted by Crippen LogP contribution is 2.27. The number of benzene rings is 1. The molecule has 3 heterocycles. The zero-order valence-electron chi connectivity index (χ0n) is 13.7. The maximum absolute atomic E-state index is 14.1. The SMILES string of the molecule is CN1C(=O)C2C(=NC3=[N+](Cc4c(F)cccc4Cl)CCN32)N(C)C1=O. The molecule has 3 aliphatic rings. The average molecular weight is 365 g/mol. The fourth-order valence-corrected chi connectivity index (χ4v) is 3.64. The number of imide groups is 1. The van der Waals surface area contributed by atoms with E-state index in [1.165, 1.54) is 18.0 Å². The van der Waals surface area contributed by atoms with Gasteiger partial charge in [-0.05, 0) is 12.1 Å². The lowest BCUT2D eigenvalue weighted by atomic mass is 10.1. The lowest BCUT2D eigenvalue weighted by Gasteiger charge is -2.32. The number of halogens is 2. The largest absolute Gasteiger partial charge is 0.392 e. The van der Waals surface area contributed by atoms with Crippen LogP contribution in [-0.4, -0.2) is 76.2 Å². The molecule has 1 unspecified atom stereocenters. The standard InChI is InChI=1S/C16H16ClFN5O2/c1-20-13-12(14(24)21(2)16(20)25)23-7-6-22(15(23)19-13)8-9-10(17)4-3-5-11(9)18/h3-5,12H,6-8H2,1-2H3/q+1. The maximum atomic E-state index is 14.1. The molecular formula is C16H16ClFN5O2+. The van der Waals surface area contributed by atoms with Gasteiger partial charge in [-0.1, -0.05) is 22.7 Å². The van der Waals surface area contributed by atoms with Crippen LogP contribution in [0.15, 0.2) is 23.2 Å². The number of likely N-dealkylation sites (N-methyl/N-ethyl adjacent to an activating group) is 2. The minimum Gasteiger partial charge on any atom is -0.270 e. The Morgan fingerprint density at radius 2 is 2.08 bits per heavy atom. The Bertz CT molecular complexity index is 848. The van der Waals surface area contributed by atoms with Gasteiger partial charge in [0.25, 0.3) is 5.91 Å². The van der Waals surface area contributed by atoms with Gasteiger partial charge in [-0.15, -0.1) is 0 Å². The van der Waals surface area contributed by atoms with Crippen molar-refractivity contribution in [2.45, 2.75) is 12.6 Å². The molecule has 0 aliphatic carbocycles. The number of aliphatic imine (C=N–C) groups is 1. The number of urea groups is 1. The molecule has 25 heavy (non-hydrogen) atoms. The predicted molar refractivity (Wildman–Crippen MR) is 89.1 cm³/mol. The van der Waals surface area contributed by atoms with E-state index in [1.54, 1.807) is 19.2 Å². The summed E-state index contributed by atoms with van der Waals surface area (Å²) in [6.45, 7) is 1.42. The van der Waals surface area contributed by atoms with Crippen LogP contribution < -0.4 is 0 Å². The van der Waals surface area contributed by atoms with E-state index >= 15 is 0 Å². The lowest BCUT2D eigenvalue weighted by molar-refractivity contribution is -0.535. The number of hydrogen-bond acceptors (Lipinski definition) is 4. The Morgan fingerprint density at radius 1 is 1.32 bits per heavy atom. The highest BCUT2D eigenvalue weighted by molar-refractivity contribution is 6.31. The number of amidine groups is 1. The quantitative estimate of drug-likeness (QED) is 0.735. The molecule has 0 aromatic heterocycles. The van der Waals surface area contributed by atoms with Crippen LogP contribution in [0.5, 0.6) is 0 Å². The van der Waals surface area contributed by atoms with E-state index in [0.717, 1.165) is 4.90 Å². The van der Waals surface area contributed by atoms with Gasteiger partial charge in [0.2, 0.25) is 11.9 Å². The normalized spacial score (nSPS) is 22.6. The first-order valence-electron chi connectivity index (χ1n) is 7.85. The Labute approximate surface area is 148 Å². The lowest BCUT2D eigenvalue weighted by Crippen LogP contribution is -2.62. The molecule has 1 aromatic rings. The molecule has 130 valence electrons. The third-order valence-electron chi connectivity index (χ3n) is 4.81. The summed E-state index contributed by atoms with van der Waals surface area (Å²) in [7, 11) is 3.06. The topological polar surface area (TPSA) is 59.2 Å². The van der Waals surface area contributed by atoms with Crippen LogP contribution in [0.2, 0.25) is 5.02 Å². The molecule has 0 spiro atoms. The minimum absolute atomic E-state index is 0.253. The van der Waals surface area contributed by atoms with Gasteiger partial charge in [-0.3, -0.25) is 19.2 Å². The van der Waals surface area contributed by atoms with E-state index in [2.05, 4.69) is 4.99 Å². The third-order valence-corrected chi connectivity index (χ3v) is 5.17. The average Bonchev–Trinajstić information content (AvgIpc) is 3.14. The minimum atomic E-state index is -0.608. The van der Waals surface area contributed by atoms with Crippen molar-refractivity contribution in [3.8, 4) is 0 Å². The van der Waals surface area contributed by atoms with Crippen LogP contribution in [0.1, 0.15) is 5.56 Å². The maximum Gasteiger partial charge on any atom is 0.392 e. The van der Waals surface area contributed by atoms with Crippen LogP contribution in [0, 0.1) is 5.82 Å². The first-order valence-corrected chi connectivity index (χ1v) is 8.23.